The third-order valence-electron chi connectivity index (χ3n) is 1.18. The first-order valence-electron chi connectivity index (χ1n) is 2.92. The first-order valence-corrected chi connectivity index (χ1v) is 3.87. The van der Waals surface area contributed by atoms with E-state index in [1.54, 1.807) is 0 Å². The van der Waals surface area contributed by atoms with Crippen molar-refractivity contribution < 1.29 is 0 Å². The number of nitrogens with zero attached hydrogens (tertiary/aromatic N) is 1. The van der Waals surface area contributed by atoms with Crippen molar-refractivity contribution in [3.05, 3.63) is 21.3 Å². The van der Waals surface area contributed by atoms with Crippen LogP contribution in [0.25, 0.3) is 0 Å². The molecule has 1 atom stereocenters. The van der Waals surface area contributed by atoms with Gasteiger partial charge >= 0.3 is 0 Å². The fourth-order valence-electron chi connectivity index (χ4n) is 0.660. The van der Waals surface area contributed by atoms with Gasteiger partial charge in [-0.15, -0.1) is 0 Å². The zero-order valence-corrected chi connectivity index (χ0v) is 7.80. The fraction of sp³-hybridized carbons (Fsp3) is 0. The van der Waals surface area contributed by atoms with Crippen LogP contribution in [0, 0.1) is 5.41 Å². The van der Waals surface area contributed by atoms with Crippen LogP contribution in [-0.4, -0.2) is 15.4 Å². The molecule has 64 valence electrons. The molecule has 12 heavy (non-hydrogen) atoms. The lowest BCUT2D eigenvalue weighted by Crippen LogP contribution is -2.17. The van der Waals surface area contributed by atoms with Crippen molar-refractivity contribution in [3.8, 4) is 0 Å². The van der Waals surface area contributed by atoms with Crippen LogP contribution < -0.4 is 11.3 Å². The summed E-state index contributed by atoms with van der Waals surface area (Å²) >= 11 is 5.44. The van der Waals surface area contributed by atoms with Gasteiger partial charge in [0.2, 0.25) is 5.28 Å². The molecule has 7 heteroatoms. The summed E-state index contributed by atoms with van der Waals surface area (Å²) in [5.74, 6) is 0. The number of nitrogen functional groups attached to an aromatic ring is 1. The van der Waals surface area contributed by atoms with Crippen LogP contribution in [0.5, 0.6) is 0 Å². The molecule has 0 saturated carbocycles. The number of rotatable bonds is 1. The Morgan fingerprint density at radius 3 is 2.83 bits per heavy atom. The van der Waals surface area contributed by atoms with Crippen LogP contribution in [0.15, 0.2) is 4.79 Å². The quantitative estimate of drug-likeness (QED) is 0.347. The monoisotopic (exact) mass is 204 g/mol. The molecule has 1 aromatic heterocycles. The Morgan fingerprint density at radius 2 is 2.33 bits per heavy atom. The molecular weight excluding hydrogens is 199 g/mol. The van der Waals surface area contributed by atoms with Crippen LogP contribution in [0.2, 0.25) is 5.28 Å². The molecule has 0 spiro atoms. The smallest absolute Gasteiger partial charge is 0.275 e. The first-order chi connectivity index (χ1) is 5.52. The topological polar surface area (TPSA) is 95.6 Å². The van der Waals surface area contributed by atoms with E-state index in [4.69, 9.17) is 22.7 Å². The van der Waals surface area contributed by atoms with Crippen molar-refractivity contribution >= 4 is 32.0 Å². The highest BCUT2D eigenvalue weighted by atomic mass is 35.5. The third-order valence-corrected chi connectivity index (χ3v) is 1.63. The van der Waals surface area contributed by atoms with Gasteiger partial charge in [-0.3, -0.25) is 15.2 Å². The van der Waals surface area contributed by atoms with Crippen LogP contribution in [0.4, 0.5) is 5.69 Å². The van der Waals surface area contributed by atoms with E-state index >= 15 is 0 Å². The predicted octanol–water partition coefficient (Wildman–Crippen LogP) is 0.206. The molecule has 0 amide bonds. The molecule has 0 bridgehead atoms. The third kappa shape index (κ3) is 1.62. The van der Waals surface area contributed by atoms with Gasteiger partial charge in [-0.25, -0.2) is 4.98 Å². The standard InChI is InChI=1S/C5H6ClN4OP/c6-5-9-2(3(8)12)1(7)4(11)10-5/h8H,7,12H2,(H,9,10,11). The second-order valence-corrected chi connectivity index (χ2v) is 2.97. The SMILES string of the molecule is N=C(P)c1nc(Cl)[nH]c(=O)c1N. The van der Waals surface area contributed by atoms with Gasteiger partial charge in [0.05, 0.1) is 5.45 Å². The van der Waals surface area contributed by atoms with Crippen LogP contribution in [0.1, 0.15) is 5.69 Å². The van der Waals surface area contributed by atoms with Crippen molar-refractivity contribution in [2.45, 2.75) is 0 Å². The normalized spacial score (nSPS) is 9.83. The molecule has 5 nitrogen and oxygen atoms in total. The summed E-state index contributed by atoms with van der Waals surface area (Å²) in [5, 5.41) is 7.11. The Kier molecular flexibility index (Phi) is 2.45. The van der Waals surface area contributed by atoms with Crippen LogP contribution in [-0.2, 0) is 0 Å². The van der Waals surface area contributed by atoms with E-state index in [1.165, 1.54) is 0 Å². The average Bonchev–Trinajstić information content (AvgIpc) is 1.96. The number of aromatic nitrogens is 2. The van der Waals surface area contributed by atoms with E-state index in [0.29, 0.717) is 0 Å². The number of anilines is 1. The molecule has 1 unspecified atom stereocenters. The lowest BCUT2D eigenvalue weighted by atomic mass is 10.4. The molecule has 0 aliphatic rings. The largest absolute Gasteiger partial charge is 0.392 e. The maximum Gasteiger partial charge on any atom is 0.275 e. The summed E-state index contributed by atoms with van der Waals surface area (Å²) in [6.45, 7) is 0. The highest BCUT2D eigenvalue weighted by Gasteiger charge is 2.08. The van der Waals surface area contributed by atoms with E-state index in [1.807, 2.05) is 0 Å². The summed E-state index contributed by atoms with van der Waals surface area (Å²) in [4.78, 5) is 16.8. The van der Waals surface area contributed by atoms with Gasteiger partial charge < -0.3 is 5.73 Å². The van der Waals surface area contributed by atoms with Crippen molar-refractivity contribution in [1.82, 2.24) is 9.97 Å². The molecular formula is C5H6ClN4OP. The lowest BCUT2D eigenvalue weighted by molar-refractivity contribution is 1.11. The Morgan fingerprint density at radius 1 is 1.75 bits per heavy atom. The Bertz CT molecular complexity index is 388. The Hall–Kier alpha value is -0.930. The molecule has 0 fully saturated rings. The molecule has 1 heterocycles. The molecule has 1 rings (SSSR count). The molecule has 0 aliphatic heterocycles. The number of hydrogen-bond acceptors (Lipinski definition) is 4. The molecule has 0 saturated heterocycles. The van der Waals surface area contributed by atoms with Crippen molar-refractivity contribution in [2.24, 2.45) is 0 Å². The van der Waals surface area contributed by atoms with Gasteiger partial charge in [-0.1, -0.05) is 9.24 Å². The number of nitrogens with two attached hydrogens (primary N) is 1. The van der Waals surface area contributed by atoms with Gasteiger partial charge in [-0.05, 0) is 11.6 Å². The van der Waals surface area contributed by atoms with E-state index < -0.39 is 5.56 Å². The fourth-order valence-corrected chi connectivity index (χ4v) is 1.05. The second kappa shape index (κ2) is 3.21. The summed E-state index contributed by atoms with van der Waals surface area (Å²) in [5.41, 5.74) is 4.82. The summed E-state index contributed by atoms with van der Waals surface area (Å²) in [6.07, 6.45) is 0. The van der Waals surface area contributed by atoms with Crippen molar-refractivity contribution in [2.75, 3.05) is 5.73 Å². The predicted molar refractivity (Wildman–Crippen MR) is 50.8 cm³/mol. The van der Waals surface area contributed by atoms with Gasteiger partial charge in [0.15, 0.2) is 0 Å². The van der Waals surface area contributed by atoms with E-state index in [0.717, 1.165) is 0 Å². The lowest BCUT2D eigenvalue weighted by Gasteiger charge is -2.00. The first kappa shape index (κ1) is 9.16. The van der Waals surface area contributed by atoms with Gasteiger partial charge in [0, 0.05) is 0 Å². The second-order valence-electron chi connectivity index (χ2n) is 2.03. The minimum Gasteiger partial charge on any atom is -0.392 e. The van der Waals surface area contributed by atoms with E-state index in [-0.39, 0.29) is 22.1 Å². The maximum atomic E-state index is 11.0. The Balaban J connectivity index is 3.48. The van der Waals surface area contributed by atoms with Gasteiger partial charge in [0.25, 0.3) is 5.56 Å². The highest BCUT2D eigenvalue weighted by molar-refractivity contribution is 7.41. The van der Waals surface area contributed by atoms with Crippen LogP contribution in [0.3, 0.4) is 0 Å². The molecule has 1 aromatic rings. The zero-order valence-electron chi connectivity index (χ0n) is 5.89. The van der Waals surface area contributed by atoms with Gasteiger partial charge in [-0.2, -0.15) is 0 Å². The number of H-pyrrole nitrogens is 1. The number of nitrogens with one attached hydrogen (secondary N) is 2. The molecule has 0 aromatic carbocycles. The van der Waals surface area contributed by atoms with Crippen molar-refractivity contribution in [1.29, 1.82) is 5.41 Å². The summed E-state index contributed by atoms with van der Waals surface area (Å²) < 4.78 is 0. The number of halogens is 1. The van der Waals surface area contributed by atoms with Gasteiger partial charge in [0.1, 0.15) is 11.4 Å². The van der Waals surface area contributed by atoms with Crippen molar-refractivity contribution in [3.63, 3.8) is 0 Å². The van der Waals surface area contributed by atoms with E-state index in [9.17, 15) is 4.79 Å². The molecule has 0 aliphatic carbocycles. The minimum atomic E-state index is -0.530. The Labute approximate surface area is 75.1 Å². The van der Waals surface area contributed by atoms with E-state index in [2.05, 4.69) is 19.2 Å². The molecule has 0 radical (unpaired) electrons. The molecule has 4 N–H and O–H groups in total. The average molecular weight is 205 g/mol. The zero-order chi connectivity index (χ0) is 9.30. The summed E-state index contributed by atoms with van der Waals surface area (Å²) in [6, 6.07) is 0. The maximum absolute atomic E-state index is 11.0. The van der Waals surface area contributed by atoms with Crippen LogP contribution >= 0.6 is 20.8 Å². The number of aromatic amines is 1. The highest BCUT2D eigenvalue weighted by Crippen LogP contribution is 2.09. The minimum absolute atomic E-state index is 0.0282. The summed E-state index contributed by atoms with van der Waals surface area (Å²) in [7, 11) is 2.08. The number of hydrogen-bond donors (Lipinski definition) is 3.